The van der Waals surface area contributed by atoms with Crippen molar-refractivity contribution in [3.63, 3.8) is 0 Å². The number of rotatable bonds is 7. The van der Waals surface area contributed by atoms with Gasteiger partial charge in [0.2, 0.25) is 0 Å². The highest BCUT2D eigenvalue weighted by Crippen LogP contribution is 2.46. The van der Waals surface area contributed by atoms with Gasteiger partial charge in [-0.3, -0.25) is 10.1 Å². The average Bonchev–Trinajstić information content (AvgIpc) is 3.26. The Morgan fingerprint density at radius 3 is 2.54 bits per heavy atom. The van der Waals surface area contributed by atoms with Crippen molar-refractivity contribution in [1.29, 1.82) is 0 Å². The van der Waals surface area contributed by atoms with E-state index in [1.165, 1.54) is 11.8 Å². The Labute approximate surface area is 168 Å². The van der Waals surface area contributed by atoms with Crippen LogP contribution in [0.1, 0.15) is 55.1 Å². The SMILES string of the molecule is CCCCOC(=O)c1ccc(-c2ccc(C3NC(C(=O)O)C(C)(C)S3)o2)cc1. The van der Waals surface area contributed by atoms with E-state index in [0.29, 0.717) is 23.7 Å². The lowest BCUT2D eigenvalue weighted by Crippen LogP contribution is -2.43. The fourth-order valence-electron chi connectivity index (χ4n) is 3.08. The number of hydrogen-bond donors (Lipinski definition) is 2. The Bertz CT molecular complexity index is 843. The molecule has 3 rings (SSSR count). The summed E-state index contributed by atoms with van der Waals surface area (Å²) in [5.41, 5.74) is 1.35. The van der Waals surface area contributed by atoms with Gasteiger partial charge in [-0.05, 0) is 44.5 Å². The number of esters is 1. The molecule has 1 aromatic carbocycles. The fraction of sp³-hybridized carbons (Fsp3) is 0.429. The Kier molecular flexibility index (Phi) is 6.15. The lowest BCUT2D eigenvalue weighted by molar-refractivity contribution is -0.139. The monoisotopic (exact) mass is 403 g/mol. The highest BCUT2D eigenvalue weighted by Gasteiger charge is 2.46. The maximum Gasteiger partial charge on any atom is 0.338 e. The van der Waals surface area contributed by atoms with E-state index in [9.17, 15) is 14.7 Å². The first-order valence-corrected chi connectivity index (χ1v) is 10.2. The van der Waals surface area contributed by atoms with Crippen LogP contribution in [0.2, 0.25) is 0 Å². The van der Waals surface area contributed by atoms with Crippen LogP contribution in [0.3, 0.4) is 0 Å². The summed E-state index contributed by atoms with van der Waals surface area (Å²) in [6.45, 7) is 6.29. The Morgan fingerprint density at radius 1 is 1.21 bits per heavy atom. The molecule has 0 radical (unpaired) electrons. The molecule has 2 aromatic rings. The molecule has 2 heterocycles. The van der Waals surface area contributed by atoms with Gasteiger partial charge in [-0.2, -0.15) is 0 Å². The smallest absolute Gasteiger partial charge is 0.338 e. The summed E-state index contributed by atoms with van der Waals surface area (Å²) < 4.78 is 10.7. The molecule has 0 amide bonds. The lowest BCUT2D eigenvalue weighted by atomic mass is 10.0. The van der Waals surface area contributed by atoms with Crippen molar-refractivity contribution in [2.24, 2.45) is 0 Å². The number of carbonyl (C=O) groups is 2. The number of aliphatic carboxylic acids is 1. The minimum absolute atomic E-state index is 0.224. The first-order valence-electron chi connectivity index (χ1n) is 9.36. The zero-order chi connectivity index (χ0) is 20.3. The molecule has 0 saturated carbocycles. The van der Waals surface area contributed by atoms with Crippen LogP contribution in [0.4, 0.5) is 0 Å². The van der Waals surface area contributed by atoms with Crippen molar-refractivity contribution in [2.45, 2.75) is 49.8 Å². The second-order valence-corrected chi connectivity index (χ2v) is 9.07. The van der Waals surface area contributed by atoms with Gasteiger partial charge in [-0.1, -0.05) is 25.5 Å². The molecule has 1 saturated heterocycles. The van der Waals surface area contributed by atoms with Crippen LogP contribution in [0.15, 0.2) is 40.8 Å². The molecule has 1 fully saturated rings. The van der Waals surface area contributed by atoms with E-state index in [2.05, 4.69) is 5.32 Å². The van der Waals surface area contributed by atoms with Crippen LogP contribution in [-0.2, 0) is 9.53 Å². The zero-order valence-electron chi connectivity index (χ0n) is 16.2. The molecule has 6 nitrogen and oxygen atoms in total. The zero-order valence-corrected chi connectivity index (χ0v) is 17.0. The molecule has 0 spiro atoms. The number of nitrogens with one attached hydrogen (secondary N) is 1. The van der Waals surface area contributed by atoms with Gasteiger partial charge in [0.25, 0.3) is 0 Å². The third-order valence-electron chi connectivity index (χ3n) is 4.70. The maximum absolute atomic E-state index is 12.0. The van der Waals surface area contributed by atoms with Crippen LogP contribution in [0.5, 0.6) is 0 Å². The quantitative estimate of drug-likeness (QED) is 0.521. The van der Waals surface area contributed by atoms with Crippen molar-refractivity contribution in [1.82, 2.24) is 5.32 Å². The van der Waals surface area contributed by atoms with Crippen molar-refractivity contribution >= 4 is 23.7 Å². The third-order valence-corrected chi connectivity index (χ3v) is 6.15. The van der Waals surface area contributed by atoms with Crippen LogP contribution >= 0.6 is 11.8 Å². The molecule has 0 bridgehead atoms. The van der Waals surface area contributed by atoms with E-state index >= 15 is 0 Å². The summed E-state index contributed by atoms with van der Waals surface area (Å²) in [5.74, 6) is 0.154. The average molecular weight is 404 g/mol. The van der Waals surface area contributed by atoms with Crippen LogP contribution in [0, 0.1) is 0 Å². The molecule has 0 aliphatic carbocycles. The molecule has 1 aliphatic heterocycles. The summed E-state index contributed by atoms with van der Waals surface area (Å²) >= 11 is 1.53. The van der Waals surface area contributed by atoms with Crippen molar-refractivity contribution in [3.05, 3.63) is 47.7 Å². The molecule has 150 valence electrons. The third kappa shape index (κ3) is 4.42. The Morgan fingerprint density at radius 2 is 1.93 bits per heavy atom. The van der Waals surface area contributed by atoms with Crippen LogP contribution in [-0.4, -0.2) is 34.4 Å². The highest BCUT2D eigenvalue weighted by molar-refractivity contribution is 8.01. The largest absolute Gasteiger partial charge is 0.480 e. The van der Waals surface area contributed by atoms with E-state index < -0.39 is 16.8 Å². The minimum Gasteiger partial charge on any atom is -0.480 e. The number of ether oxygens (including phenoxy) is 1. The van der Waals surface area contributed by atoms with Crippen LogP contribution in [0.25, 0.3) is 11.3 Å². The first kappa shape index (κ1) is 20.5. The topological polar surface area (TPSA) is 88.8 Å². The number of carboxylic acids is 1. The Balaban J connectivity index is 1.69. The van der Waals surface area contributed by atoms with Gasteiger partial charge >= 0.3 is 11.9 Å². The van der Waals surface area contributed by atoms with E-state index in [1.54, 1.807) is 12.1 Å². The van der Waals surface area contributed by atoms with Gasteiger partial charge < -0.3 is 14.3 Å². The second kappa shape index (κ2) is 8.41. The summed E-state index contributed by atoms with van der Waals surface area (Å²) in [7, 11) is 0. The Hall–Kier alpha value is -2.25. The van der Waals surface area contributed by atoms with Gasteiger partial charge in [0, 0.05) is 10.3 Å². The minimum atomic E-state index is -0.867. The number of benzene rings is 1. The van der Waals surface area contributed by atoms with Gasteiger partial charge in [0.1, 0.15) is 22.9 Å². The molecule has 7 heteroatoms. The number of furan rings is 1. The summed E-state index contributed by atoms with van der Waals surface area (Å²) in [6.07, 6.45) is 1.83. The number of hydrogen-bond acceptors (Lipinski definition) is 6. The first-order chi connectivity index (χ1) is 13.3. The van der Waals surface area contributed by atoms with E-state index in [4.69, 9.17) is 9.15 Å². The molecular formula is C21H25NO5S. The van der Waals surface area contributed by atoms with Gasteiger partial charge in [-0.15, -0.1) is 11.8 Å². The summed E-state index contributed by atoms with van der Waals surface area (Å²) in [4.78, 5) is 23.4. The van der Waals surface area contributed by atoms with Crippen molar-refractivity contribution in [3.8, 4) is 11.3 Å². The molecule has 1 aliphatic rings. The molecule has 2 atom stereocenters. The maximum atomic E-state index is 12.0. The molecule has 1 aromatic heterocycles. The van der Waals surface area contributed by atoms with E-state index in [-0.39, 0.29) is 11.3 Å². The molecule has 2 N–H and O–H groups in total. The molecule has 28 heavy (non-hydrogen) atoms. The molecule has 2 unspecified atom stereocenters. The number of unbranched alkanes of at least 4 members (excludes halogenated alkanes) is 1. The normalized spacial score (nSPS) is 20.8. The van der Waals surface area contributed by atoms with Crippen molar-refractivity contribution in [2.75, 3.05) is 6.61 Å². The summed E-state index contributed by atoms with van der Waals surface area (Å²) in [5, 5.41) is 12.3. The number of thioether (sulfide) groups is 1. The number of carboxylic acid groups (broad SMARTS) is 1. The van der Waals surface area contributed by atoms with Gasteiger partial charge in [-0.25, -0.2) is 4.79 Å². The number of carbonyl (C=O) groups excluding carboxylic acids is 1. The second-order valence-electron chi connectivity index (χ2n) is 7.31. The van der Waals surface area contributed by atoms with Gasteiger partial charge in [0.05, 0.1) is 12.2 Å². The van der Waals surface area contributed by atoms with Crippen molar-refractivity contribution < 1.29 is 23.8 Å². The fourth-order valence-corrected chi connectivity index (χ4v) is 4.44. The van der Waals surface area contributed by atoms with E-state index in [0.717, 1.165) is 18.4 Å². The standard InChI is InChI=1S/C21H25NO5S/c1-4-5-12-26-20(25)14-8-6-13(7-9-14)15-10-11-16(27-15)18-22-17(19(23)24)21(2,3)28-18/h6-11,17-18,22H,4-5,12H2,1-3H3,(H,23,24). The summed E-state index contributed by atoms with van der Waals surface area (Å²) in [6, 6.07) is 10.1. The van der Waals surface area contributed by atoms with Gasteiger partial charge in [0.15, 0.2) is 0 Å². The van der Waals surface area contributed by atoms with Crippen LogP contribution < -0.4 is 5.32 Å². The predicted octanol–water partition coefficient (Wildman–Crippen LogP) is 4.47. The molecular weight excluding hydrogens is 378 g/mol. The predicted molar refractivity (Wildman–Crippen MR) is 108 cm³/mol. The highest BCUT2D eigenvalue weighted by atomic mass is 32.2. The van der Waals surface area contributed by atoms with E-state index in [1.807, 2.05) is 45.0 Å². The lowest BCUT2D eigenvalue weighted by Gasteiger charge is -2.20.